The molecule has 3 rings (SSSR count). The van der Waals surface area contributed by atoms with Crippen LogP contribution >= 0.6 is 0 Å². The van der Waals surface area contributed by atoms with Crippen molar-refractivity contribution in [2.75, 3.05) is 16.7 Å². The number of primary amides is 1. The largest absolute Gasteiger partial charge is 0.449 e. The summed E-state index contributed by atoms with van der Waals surface area (Å²) in [5, 5.41) is 2.58. The van der Waals surface area contributed by atoms with E-state index in [9.17, 15) is 22.8 Å². The van der Waals surface area contributed by atoms with Gasteiger partial charge in [0.05, 0.1) is 16.1 Å². The molecule has 0 heterocycles. The topological polar surface area (TPSA) is 136 Å². The maximum atomic E-state index is 12.9. The lowest BCUT2D eigenvalue weighted by molar-refractivity contribution is -0.123. The van der Waals surface area contributed by atoms with E-state index in [0.717, 1.165) is 9.87 Å². The van der Waals surface area contributed by atoms with Gasteiger partial charge in [-0.3, -0.25) is 13.9 Å². The molecule has 0 bridgehead atoms. The number of amides is 2. The number of aryl methyl sites for hydroxylation is 1. The Balaban J connectivity index is 1.63. The van der Waals surface area contributed by atoms with Gasteiger partial charge in [-0.05, 0) is 74.5 Å². The number of hydrogen-bond acceptors (Lipinski definition) is 6. The Hall–Kier alpha value is -4.18. The van der Waals surface area contributed by atoms with Gasteiger partial charge >= 0.3 is 5.97 Å². The number of ether oxygens (including phenoxy) is 1. The normalized spacial score (nSPS) is 11.9. The number of sulfonamides is 1. The van der Waals surface area contributed by atoms with Crippen molar-refractivity contribution in [2.24, 2.45) is 5.73 Å². The third kappa shape index (κ3) is 6.04. The molecule has 0 aliphatic carbocycles. The predicted molar refractivity (Wildman–Crippen MR) is 132 cm³/mol. The Labute approximate surface area is 203 Å². The van der Waals surface area contributed by atoms with Gasteiger partial charge in [0.2, 0.25) is 5.91 Å². The monoisotopic (exact) mass is 495 g/mol. The molecule has 2 amide bonds. The number of benzene rings is 3. The van der Waals surface area contributed by atoms with Crippen molar-refractivity contribution >= 4 is 39.2 Å². The minimum absolute atomic E-state index is 0.151. The lowest BCUT2D eigenvalue weighted by Gasteiger charge is -2.20. The Kier molecular flexibility index (Phi) is 7.55. The Morgan fingerprint density at radius 3 is 1.97 bits per heavy atom. The number of nitrogens with one attached hydrogen (secondary N) is 1. The maximum absolute atomic E-state index is 12.9. The Morgan fingerprint density at radius 2 is 1.43 bits per heavy atom. The highest BCUT2D eigenvalue weighted by atomic mass is 32.2. The maximum Gasteiger partial charge on any atom is 0.338 e. The fraction of sp³-hybridized carbons (Fsp3) is 0.160. The summed E-state index contributed by atoms with van der Waals surface area (Å²) < 4.78 is 32.0. The molecule has 35 heavy (non-hydrogen) atoms. The van der Waals surface area contributed by atoms with Gasteiger partial charge in [0.25, 0.3) is 15.9 Å². The predicted octanol–water partition coefficient (Wildman–Crippen LogP) is 3.10. The lowest BCUT2D eigenvalue weighted by atomic mass is 10.2. The van der Waals surface area contributed by atoms with E-state index in [0.29, 0.717) is 16.9 Å². The van der Waals surface area contributed by atoms with Gasteiger partial charge in [-0.2, -0.15) is 0 Å². The first kappa shape index (κ1) is 25.4. The van der Waals surface area contributed by atoms with Crippen LogP contribution in [0, 0.1) is 6.92 Å². The Morgan fingerprint density at radius 1 is 0.886 bits per heavy atom. The summed E-state index contributed by atoms with van der Waals surface area (Å²) in [5.74, 6) is -1.90. The van der Waals surface area contributed by atoms with Crippen LogP contribution in [0.4, 0.5) is 11.4 Å². The molecular weight excluding hydrogens is 470 g/mol. The lowest BCUT2D eigenvalue weighted by Crippen LogP contribution is -2.30. The van der Waals surface area contributed by atoms with E-state index in [1.165, 1.54) is 74.6 Å². The van der Waals surface area contributed by atoms with Gasteiger partial charge in [-0.15, -0.1) is 0 Å². The second-order valence-corrected chi connectivity index (χ2v) is 9.78. The van der Waals surface area contributed by atoms with Crippen molar-refractivity contribution < 1.29 is 27.5 Å². The van der Waals surface area contributed by atoms with Crippen LogP contribution in [-0.4, -0.2) is 39.4 Å². The number of hydrogen-bond donors (Lipinski definition) is 2. The van der Waals surface area contributed by atoms with Crippen LogP contribution < -0.4 is 15.4 Å². The van der Waals surface area contributed by atoms with Gasteiger partial charge in [0, 0.05) is 18.3 Å². The number of nitrogens with two attached hydrogens (primary N) is 1. The van der Waals surface area contributed by atoms with E-state index < -0.39 is 33.9 Å². The molecule has 10 heteroatoms. The van der Waals surface area contributed by atoms with Gasteiger partial charge in [-0.1, -0.05) is 17.7 Å². The number of carbonyl (C=O) groups is 3. The first-order valence-corrected chi connectivity index (χ1v) is 12.0. The van der Waals surface area contributed by atoms with E-state index in [1.807, 2.05) is 6.92 Å². The molecule has 0 aliphatic rings. The summed E-state index contributed by atoms with van der Waals surface area (Å²) >= 11 is 0. The summed E-state index contributed by atoms with van der Waals surface area (Å²) in [6.07, 6.45) is -1.11. The van der Waals surface area contributed by atoms with E-state index in [2.05, 4.69) is 5.32 Å². The fourth-order valence-electron chi connectivity index (χ4n) is 3.06. The van der Waals surface area contributed by atoms with Crippen molar-refractivity contribution in [2.45, 2.75) is 24.8 Å². The molecule has 0 spiro atoms. The molecule has 0 aliphatic heterocycles. The molecular formula is C25H25N3O6S. The SMILES string of the molecule is Cc1ccc(S(=O)(=O)N(C)c2ccc(C(=O)OC(C)C(=O)Nc3ccc(C(N)=O)cc3)cc2)cc1. The number of rotatable bonds is 8. The van der Waals surface area contributed by atoms with E-state index in [-0.39, 0.29) is 10.5 Å². The first-order valence-electron chi connectivity index (χ1n) is 10.6. The summed E-state index contributed by atoms with van der Waals surface area (Å²) in [4.78, 5) is 36.1. The highest BCUT2D eigenvalue weighted by molar-refractivity contribution is 7.92. The second kappa shape index (κ2) is 10.4. The molecule has 0 saturated heterocycles. The average Bonchev–Trinajstić information content (AvgIpc) is 2.84. The number of nitrogens with zero attached hydrogens (tertiary/aromatic N) is 1. The van der Waals surface area contributed by atoms with Crippen LogP contribution in [0.5, 0.6) is 0 Å². The van der Waals surface area contributed by atoms with Crippen LogP contribution in [0.3, 0.4) is 0 Å². The quantitative estimate of drug-likeness (QED) is 0.461. The molecule has 1 unspecified atom stereocenters. The average molecular weight is 496 g/mol. The van der Waals surface area contributed by atoms with Crippen LogP contribution in [-0.2, 0) is 19.6 Å². The molecule has 3 aromatic carbocycles. The standard InChI is InChI=1S/C25H25N3O6S/c1-16-4-14-22(15-5-16)35(32,33)28(3)21-12-8-19(9-13-21)25(31)34-17(2)24(30)27-20-10-6-18(7-11-20)23(26)29/h4-15,17H,1-3H3,(H2,26,29)(H,27,30). The molecule has 3 aromatic rings. The van der Waals surface area contributed by atoms with Crippen molar-refractivity contribution in [3.63, 3.8) is 0 Å². The molecule has 9 nitrogen and oxygen atoms in total. The second-order valence-electron chi connectivity index (χ2n) is 7.81. The number of carbonyl (C=O) groups excluding carboxylic acids is 3. The smallest absolute Gasteiger partial charge is 0.338 e. The van der Waals surface area contributed by atoms with Crippen molar-refractivity contribution in [3.8, 4) is 0 Å². The fourth-order valence-corrected chi connectivity index (χ4v) is 4.25. The van der Waals surface area contributed by atoms with Gasteiger partial charge in [0.1, 0.15) is 0 Å². The third-order valence-electron chi connectivity index (χ3n) is 5.24. The van der Waals surface area contributed by atoms with Crippen molar-refractivity contribution in [1.82, 2.24) is 0 Å². The van der Waals surface area contributed by atoms with Gasteiger partial charge in [0.15, 0.2) is 6.10 Å². The van der Waals surface area contributed by atoms with E-state index >= 15 is 0 Å². The van der Waals surface area contributed by atoms with Crippen molar-refractivity contribution in [3.05, 3.63) is 89.5 Å². The Bertz CT molecular complexity index is 1340. The van der Waals surface area contributed by atoms with E-state index in [4.69, 9.17) is 10.5 Å². The van der Waals surface area contributed by atoms with Gasteiger partial charge < -0.3 is 15.8 Å². The van der Waals surface area contributed by atoms with Gasteiger partial charge in [-0.25, -0.2) is 13.2 Å². The molecule has 0 radical (unpaired) electrons. The summed E-state index contributed by atoms with van der Waals surface area (Å²) in [6, 6.07) is 18.2. The molecule has 0 aromatic heterocycles. The molecule has 1 atom stereocenters. The van der Waals surface area contributed by atoms with Crippen LogP contribution in [0.25, 0.3) is 0 Å². The molecule has 0 saturated carbocycles. The molecule has 3 N–H and O–H groups in total. The summed E-state index contributed by atoms with van der Waals surface area (Å²) in [7, 11) is -2.35. The first-order chi connectivity index (χ1) is 16.5. The van der Waals surface area contributed by atoms with Crippen molar-refractivity contribution in [1.29, 1.82) is 0 Å². The zero-order chi connectivity index (χ0) is 25.8. The van der Waals surface area contributed by atoms with Crippen LogP contribution in [0.2, 0.25) is 0 Å². The highest BCUT2D eigenvalue weighted by Gasteiger charge is 2.23. The molecule has 0 fully saturated rings. The highest BCUT2D eigenvalue weighted by Crippen LogP contribution is 2.23. The number of esters is 1. The van der Waals surface area contributed by atoms with Crippen LogP contribution in [0.1, 0.15) is 33.2 Å². The van der Waals surface area contributed by atoms with Crippen LogP contribution in [0.15, 0.2) is 77.7 Å². The minimum atomic E-state index is -3.77. The van der Waals surface area contributed by atoms with E-state index in [1.54, 1.807) is 12.1 Å². The number of anilines is 2. The zero-order valence-corrected chi connectivity index (χ0v) is 20.2. The molecule has 182 valence electrons. The third-order valence-corrected chi connectivity index (χ3v) is 7.04. The summed E-state index contributed by atoms with van der Waals surface area (Å²) in [6.45, 7) is 3.28. The minimum Gasteiger partial charge on any atom is -0.449 e. The summed E-state index contributed by atoms with van der Waals surface area (Å²) in [5.41, 5.74) is 7.34. The zero-order valence-electron chi connectivity index (χ0n) is 19.4.